The molecule has 1 aromatic rings. The van der Waals surface area contributed by atoms with Crippen molar-refractivity contribution in [1.82, 2.24) is 5.32 Å². The fraction of sp³-hybridized carbons (Fsp3) is 0.500. The number of nitrogens with zero attached hydrogens (tertiary/aromatic N) is 1. The van der Waals surface area contributed by atoms with Crippen LogP contribution in [-0.2, 0) is 11.2 Å². The number of ether oxygens (including phenoxy) is 1. The molecule has 2 unspecified atom stereocenters. The highest BCUT2D eigenvalue weighted by Crippen LogP contribution is 2.10. The first-order chi connectivity index (χ1) is 8.28. The summed E-state index contributed by atoms with van der Waals surface area (Å²) in [5, 5.41) is 12.2. The summed E-state index contributed by atoms with van der Waals surface area (Å²) in [5.74, 6) is 0. The molecule has 0 aliphatic carbocycles. The lowest BCUT2D eigenvalue weighted by Gasteiger charge is -2.28. The normalized spacial score (nSPS) is 24.2. The van der Waals surface area contributed by atoms with Gasteiger partial charge in [-0.05, 0) is 37.5 Å². The van der Waals surface area contributed by atoms with Crippen molar-refractivity contribution in [1.29, 1.82) is 5.26 Å². The molecule has 1 fully saturated rings. The first-order valence-corrected chi connectivity index (χ1v) is 6.11. The molecule has 0 radical (unpaired) electrons. The Morgan fingerprint density at radius 3 is 2.76 bits per heavy atom. The Labute approximate surface area is 102 Å². The maximum absolute atomic E-state index is 8.71. The first-order valence-electron chi connectivity index (χ1n) is 6.11. The summed E-state index contributed by atoms with van der Waals surface area (Å²) in [6.45, 7) is 3.77. The number of nitrogens with one attached hydrogen (secondary N) is 1. The monoisotopic (exact) mass is 230 g/mol. The van der Waals surface area contributed by atoms with E-state index in [0.717, 1.165) is 31.6 Å². The van der Waals surface area contributed by atoms with Crippen molar-refractivity contribution in [3.8, 4) is 6.07 Å². The van der Waals surface area contributed by atoms with Crippen LogP contribution in [0.15, 0.2) is 24.3 Å². The van der Waals surface area contributed by atoms with Crippen molar-refractivity contribution in [3.63, 3.8) is 0 Å². The summed E-state index contributed by atoms with van der Waals surface area (Å²) in [6.07, 6.45) is 2.11. The summed E-state index contributed by atoms with van der Waals surface area (Å²) in [6, 6.07) is 10.9. The lowest BCUT2D eigenvalue weighted by molar-refractivity contribution is 0.0483. The van der Waals surface area contributed by atoms with Crippen molar-refractivity contribution >= 4 is 0 Å². The second-order valence-corrected chi connectivity index (χ2v) is 4.65. The minimum atomic E-state index is 0.453. The van der Waals surface area contributed by atoms with Gasteiger partial charge in [0.1, 0.15) is 0 Å². The Hall–Kier alpha value is -1.37. The van der Waals surface area contributed by atoms with Crippen LogP contribution in [-0.4, -0.2) is 25.3 Å². The fourth-order valence-corrected chi connectivity index (χ4v) is 2.14. The number of hydrogen-bond acceptors (Lipinski definition) is 3. The van der Waals surface area contributed by atoms with E-state index in [9.17, 15) is 0 Å². The average Bonchev–Trinajstić information content (AvgIpc) is 2.37. The van der Waals surface area contributed by atoms with Crippen molar-refractivity contribution in [2.24, 2.45) is 0 Å². The fourth-order valence-electron chi connectivity index (χ4n) is 2.14. The molecule has 0 amide bonds. The summed E-state index contributed by atoms with van der Waals surface area (Å²) < 4.78 is 5.51. The molecular formula is C14H18N2O. The molecule has 1 aromatic carbocycles. The molecule has 1 saturated heterocycles. The number of rotatable bonds is 3. The molecule has 1 N–H and O–H groups in total. The summed E-state index contributed by atoms with van der Waals surface area (Å²) in [5.41, 5.74) is 2.01. The van der Waals surface area contributed by atoms with Gasteiger partial charge in [0.15, 0.2) is 0 Å². The highest BCUT2D eigenvalue weighted by molar-refractivity contribution is 5.31. The van der Waals surface area contributed by atoms with Crippen molar-refractivity contribution in [2.75, 3.05) is 13.2 Å². The van der Waals surface area contributed by atoms with Gasteiger partial charge in [-0.3, -0.25) is 0 Å². The highest BCUT2D eigenvalue weighted by atomic mass is 16.5. The van der Waals surface area contributed by atoms with Crippen LogP contribution in [0.25, 0.3) is 0 Å². The Kier molecular flexibility index (Phi) is 4.13. The quantitative estimate of drug-likeness (QED) is 0.862. The van der Waals surface area contributed by atoms with E-state index >= 15 is 0 Å². The molecule has 3 nitrogen and oxygen atoms in total. The lowest BCUT2D eigenvalue weighted by Crippen LogP contribution is -2.47. The smallest absolute Gasteiger partial charge is 0.0991 e. The van der Waals surface area contributed by atoms with Gasteiger partial charge in [0.05, 0.1) is 24.8 Å². The third-order valence-electron chi connectivity index (χ3n) is 3.07. The topological polar surface area (TPSA) is 45.0 Å². The molecule has 0 bridgehead atoms. The van der Waals surface area contributed by atoms with Gasteiger partial charge in [0.2, 0.25) is 0 Å². The number of hydrogen-bond donors (Lipinski definition) is 1. The van der Waals surface area contributed by atoms with Gasteiger partial charge >= 0.3 is 0 Å². The van der Waals surface area contributed by atoms with Gasteiger partial charge in [-0.15, -0.1) is 0 Å². The van der Waals surface area contributed by atoms with E-state index in [2.05, 4.69) is 18.3 Å². The van der Waals surface area contributed by atoms with Gasteiger partial charge in [-0.25, -0.2) is 0 Å². The Morgan fingerprint density at radius 2 is 2.12 bits per heavy atom. The van der Waals surface area contributed by atoms with Gasteiger partial charge in [-0.2, -0.15) is 5.26 Å². The summed E-state index contributed by atoms with van der Waals surface area (Å²) >= 11 is 0. The van der Waals surface area contributed by atoms with E-state index in [0.29, 0.717) is 12.1 Å². The largest absolute Gasteiger partial charge is 0.378 e. The van der Waals surface area contributed by atoms with Gasteiger partial charge < -0.3 is 10.1 Å². The number of morpholine rings is 1. The Morgan fingerprint density at radius 1 is 1.35 bits per heavy atom. The number of aryl methyl sites for hydroxylation is 1. The van der Waals surface area contributed by atoms with Crippen LogP contribution in [0.5, 0.6) is 0 Å². The van der Waals surface area contributed by atoms with E-state index in [-0.39, 0.29) is 0 Å². The van der Waals surface area contributed by atoms with Crippen LogP contribution in [0.3, 0.4) is 0 Å². The highest BCUT2D eigenvalue weighted by Gasteiger charge is 2.17. The molecule has 90 valence electrons. The lowest BCUT2D eigenvalue weighted by atomic mass is 10.0. The van der Waals surface area contributed by atoms with E-state index in [1.807, 2.05) is 24.3 Å². The zero-order chi connectivity index (χ0) is 12.1. The maximum atomic E-state index is 8.71. The molecule has 1 heterocycles. The van der Waals surface area contributed by atoms with E-state index in [1.165, 1.54) is 5.56 Å². The van der Waals surface area contributed by atoms with Crippen LogP contribution < -0.4 is 5.32 Å². The van der Waals surface area contributed by atoms with Crippen LogP contribution >= 0.6 is 0 Å². The SMILES string of the molecule is CC1COCC(CCc2ccc(C#N)cc2)N1. The predicted molar refractivity (Wildman–Crippen MR) is 66.7 cm³/mol. The molecule has 2 rings (SSSR count). The molecule has 0 spiro atoms. The molecule has 0 saturated carbocycles. The zero-order valence-corrected chi connectivity index (χ0v) is 10.1. The van der Waals surface area contributed by atoms with Gasteiger partial charge in [0, 0.05) is 12.1 Å². The van der Waals surface area contributed by atoms with Gasteiger partial charge in [-0.1, -0.05) is 12.1 Å². The molecule has 1 aliphatic heterocycles. The Balaban J connectivity index is 1.83. The van der Waals surface area contributed by atoms with E-state index in [1.54, 1.807) is 0 Å². The van der Waals surface area contributed by atoms with Gasteiger partial charge in [0.25, 0.3) is 0 Å². The Bertz CT molecular complexity index is 394. The van der Waals surface area contributed by atoms with E-state index in [4.69, 9.17) is 10.00 Å². The second-order valence-electron chi connectivity index (χ2n) is 4.65. The first kappa shape index (κ1) is 12.1. The number of nitriles is 1. The van der Waals surface area contributed by atoms with Crippen LogP contribution in [0.1, 0.15) is 24.5 Å². The second kappa shape index (κ2) is 5.81. The summed E-state index contributed by atoms with van der Waals surface area (Å²) in [7, 11) is 0. The molecule has 3 heteroatoms. The molecule has 1 aliphatic rings. The molecule has 0 aromatic heterocycles. The predicted octanol–water partition coefficient (Wildman–Crippen LogP) is 1.87. The van der Waals surface area contributed by atoms with Crippen molar-refractivity contribution in [3.05, 3.63) is 35.4 Å². The van der Waals surface area contributed by atoms with Crippen molar-refractivity contribution < 1.29 is 4.74 Å². The van der Waals surface area contributed by atoms with Crippen LogP contribution in [0.4, 0.5) is 0 Å². The standard InChI is InChI=1S/C14H18N2O/c1-11-9-17-10-14(16-11)7-6-12-2-4-13(8-15)5-3-12/h2-5,11,14,16H,6-7,9-10H2,1H3. The van der Waals surface area contributed by atoms with E-state index < -0.39 is 0 Å². The minimum absolute atomic E-state index is 0.453. The maximum Gasteiger partial charge on any atom is 0.0991 e. The average molecular weight is 230 g/mol. The number of benzene rings is 1. The molecule has 2 atom stereocenters. The third-order valence-corrected chi connectivity index (χ3v) is 3.07. The van der Waals surface area contributed by atoms with Crippen LogP contribution in [0.2, 0.25) is 0 Å². The zero-order valence-electron chi connectivity index (χ0n) is 10.1. The minimum Gasteiger partial charge on any atom is -0.378 e. The molecule has 17 heavy (non-hydrogen) atoms. The molecular weight excluding hydrogens is 212 g/mol. The van der Waals surface area contributed by atoms with Crippen molar-refractivity contribution in [2.45, 2.75) is 31.8 Å². The summed E-state index contributed by atoms with van der Waals surface area (Å²) in [4.78, 5) is 0. The van der Waals surface area contributed by atoms with Crippen LogP contribution in [0, 0.1) is 11.3 Å². The third kappa shape index (κ3) is 3.55.